The number of carbonyl (C=O) groups is 1. The second-order valence-electron chi connectivity index (χ2n) is 7.89. The number of nitriles is 1. The van der Waals surface area contributed by atoms with Crippen LogP contribution in [0.4, 0.5) is 0 Å². The topological polar surface area (TPSA) is 87.9 Å². The Balaban J connectivity index is 1.61. The number of rotatable bonds is 5. The minimum Gasteiger partial charge on any atom is -0.494 e. The SMILES string of the molecule is CC(=O)N[C@@H]1CCc2c(-c3nnc(C4=CC=C(OC(C)C)C(C#N)C4)s3)cccc21. The number of carbonyl (C=O) groups excluding carboxylic acids is 1. The molecule has 0 bridgehead atoms. The number of hydrogen-bond donors (Lipinski definition) is 1. The number of fused-ring (bicyclic) bond motifs is 1. The molecular formula is C23H24N4O2S. The summed E-state index contributed by atoms with van der Waals surface area (Å²) in [5.41, 5.74) is 4.49. The molecule has 1 aromatic heterocycles. The molecule has 0 aliphatic heterocycles. The van der Waals surface area contributed by atoms with Crippen LogP contribution in [-0.4, -0.2) is 22.2 Å². The molecule has 1 N–H and O–H groups in total. The number of benzene rings is 1. The van der Waals surface area contributed by atoms with Crippen molar-refractivity contribution >= 4 is 22.8 Å². The normalized spacial score (nSPS) is 20.2. The van der Waals surface area contributed by atoms with Gasteiger partial charge >= 0.3 is 0 Å². The summed E-state index contributed by atoms with van der Waals surface area (Å²) in [6.45, 7) is 5.47. The highest BCUT2D eigenvalue weighted by atomic mass is 32.1. The first-order valence-electron chi connectivity index (χ1n) is 10.2. The van der Waals surface area contributed by atoms with Crippen molar-refractivity contribution in [2.24, 2.45) is 5.92 Å². The summed E-state index contributed by atoms with van der Waals surface area (Å²) in [5, 5.41) is 23.2. The Morgan fingerprint density at radius 2 is 2.10 bits per heavy atom. The van der Waals surface area contributed by atoms with E-state index in [1.165, 1.54) is 11.1 Å². The van der Waals surface area contributed by atoms with Crippen LogP contribution >= 0.6 is 11.3 Å². The molecule has 30 heavy (non-hydrogen) atoms. The number of allylic oxidation sites excluding steroid dienone is 4. The first kappa shape index (κ1) is 20.3. The van der Waals surface area contributed by atoms with Gasteiger partial charge < -0.3 is 10.1 Å². The molecule has 1 heterocycles. The van der Waals surface area contributed by atoms with Gasteiger partial charge in [-0.2, -0.15) is 5.26 Å². The van der Waals surface area contributed by atoms with Gasteiger partial charge in [0, 0.05) is 12.5 Å². The number of nitrogens with one attached hydrogen (secondary N) is 1. The fourth-order valence-corrected chi connectivity index (χ4v) is 4.99. The van der Waals surface area contributed by atoms with Crippen molar-refractivity contribution in [2.75, 3.05) is 0 Å². The number of nitrogens with zero attached hydrogens (tertiary/aromatic N) is 3. The molecule has 1 unspecified atom stereocenters. The lowest BCUT2D eigenvalue weighted by Gasteiger charge is -2.21. The van der Waals surface area contributed by atoms with Crippen molar-refractivity contribution in [1.29, 1.82) is 5.26 Å². The Labute approximate surface area is 180 Å². The molecule has 2 aliphatic rings. The molecule has 2 aliphatic carbocycles. The van der Waals surface area contributed by atoms with Gasteiger partial charge in [-0.15, -0.1) is 10.2 Å². The highest BCUT2D eigenvalue weighted by molar-refractivity contribution is 7.15. The van der Waals surface area contributed by atoms with Gasteiger partial charge in [0.1, 0.15) is 21.7 Å². The van der Waals surface area contributed by atoms with E-state index in [2.05, 4.69) is 33.7 Å². The first-order valence-corrected chi connectivity index (χ1v) is 11.0. The summed E-state index contributed by atoms with van der Waals surface area (Å²) >= 11 is 1.54. The third kappa shape index (κ3) is 4.01. The monoisotopic (exact) mass is 420 g/mol. The van der Waals surface area contributed by atoms with Gasteiger partial charge in [-0.1, -0.05) is 35.6 Å². The molecule has 4 rings (SSSR count). The Kier molecular flexibility index (Phi) is 5.69. The Bertz CT molecular complexity index is 1080. The molecular weight excluding hydrogens is 396 g/mol. The zero-order valence-corrected chi connectivity index (χ0v) is 18.1. The zero-order valence-electron chi connectivity index (χ0n) is 17.3. The number of ether oxygens (including phenoxy) is 1. The van der Waals surface area contributed by atoms with Gasteiger partial charge in [-0.05, 0) is 55.9 Å². The van der Waals surface area contributed by atoms with Crippen LogP contribution in [0.3, 0.4) is 0 Å². The highest BCUT2D eigenvalue weighted by Crippen LogP contribution is 2.40. The summed E-state index contributed by atoms with van der Waals surface area (Å²) < 4.78 is 5.77. The molecule has 0 saturated heterocycles. The van der Waals surface area contributed by atoms with Gasteiger partial charge in [0.25, 0.3) is 0 Å². The molecule has 154 valence electrons. The fraction of sp³-hybridized carbons (Fsp3) is 0.391. The average molecular weight is 421 g/mol. The first-order chi connectivity index (χ1) is 14.5. The van der Waals surface area contributed by atoms with Crippen LogP contribution < -0.4 is 5.32 Å². The van der Waals surface area contributed by atoms with Crippen LogP contribution in [0.5, 0.6) is 0 Å². The van der Waals surface area contributed by atoms with E-state index in [0.717, 1.165) is 34.0 Å². The van der Waals surface area contributed by atoms with E-state index in [1.807, 2.05) is 32.1 Å². The third-order valence-electron chi connectivity index (χ3n) is 5.32. The van der Waals surface area contributed by atoms with E-state index >= 15 is 0 Å². The second kappa shape index (κ2) is 8.41. The van der Waals surface area contributed by atoms with Crippen LogP contribution in [0.15, 0.2) is 36.1 Å². The van der Waals surface area contributed by atoms with Crippen molar-refractivity contribution in [2.45, 2.75) is 52.2 Å². The van der Waals surface area contributed by atoms with Crippen molar-refractivity contribution in [3.05, 3.63) is 52.2 Å². The van der Waals surface area contributed by atoms with E-state index in [0.29, 0.717) is 12.2 Å². The maximum Gasteiger partial charge on any atom is 0.217 e. The molecule has 7 heteroatoms. The average Bonchev–Trinajstić information content (AvgIpc) is 3.35. The van der Waals surface area contributed by atoms with E-state index in [-0.39, 0.29) is 24.0 Å². The minimum atomic E-state index is -0.306. The zero-order chi connectivity index (χ0) is 21.3. The standard InChI is InChI=1S/C23H24N4O2S/c1-13(2)29-21-10-7-15(11-16(21)12-24)22-26-27-23(30-22)19-6-4-5-18-17(19)8-9-20(18)25-14(3)28/h4-7,10,13,16,20H,8-9,11H2,1-3H3,(H,25,28)/t16?,20-/m1/s1. The number of aromatic nitrogens is 2. The van der Waals surface area contributed by atoms with Crippen LogP contribution in [-0.2, 0) is 16.0 Å². The van der Waals surface area contributed by atoms with Crippen molar-refractivity contribution in [3.63, 3.8) is 0 Å². The quantitative estimate of drug-likeness (QED) is 0.766. The summed E-state index contributed by atoms with van der Waals surface area (Å²) in [7, 11) is 0. The van der Waals surface area contributed by atoms with Gasteiger partial charge in [0.15, 0.2) is 0 Å². The molecule has 1 amide bonds. The second-order valence-corrected chi connectivity index (χ2v) is 8.87. The highest BCUT2D eigenvalue weighted by Gasteiger charge is 2.28. The molecule has 6 nitrogen and oxygen atoms in total. The van der Waals surface area contributed by atoms with Crippen LogP contribution in [0, 0.1) is 17.2 Å². The van der Waals surface area contributed by atoms with Crippen molar-refractivity contribution in [3.8, 4) is 16.6 Å². The van der Waals surface area contributed by atoms with Gasteiger partial charge in [-0.3, -0.25) is 4.79 Å². The van der Waals surface area contributed by atoms with Crippen molar-refractivity contribution in [1.82, 2.24) is 15.5 Å². The van der Waals surface area contributed by atoms with Gasteiger partial charge in [-0.25, -0.2) is 0 Å². The lowest BCUT2D eigenvalue weighted by atomic mass is 9.94. The predicted molar refractivity (Wildman–Crippen MR) is 116 cm³/mol. The smallest absolute Gasteiger partial charge is 0.217 e. The molecule has 1 aromatic carbocycles. The Morgan fingerprint density at radius 1 is 1.30 bits per heavy atom. The number of hydrogen-bond acceptors (Lipinski definition) is 6. The summed E-state index contributed by atoms with van der Waals surface area (Å²) in [4.78, 5) is 11.5. The number of amides is 1. The predicted octanol–water partition coefficient (Wildman–Crippen LogP) is 4.56. The van der Waals surface area contributed by atoms with E-state index < -0.39 is 0 Å². The van der Waals surface area contributed by atoms with Gasteiger partial charge in [0.2, 0.25) is 5.91 Å². The Hall–Kier alpha value is -2.98. The minimum absolute atomic E-state index is 0.0124. The molecule has 0 saturated carbocycles. The summed E-state index contributed by atoms with van der Waals surface area (Å²) in [6, 6.07) is 8.57. The molecule has 0 fully saturated rings. The largest absolute Gasteiger partial charge is 0.494 e. The van der Waals surface area contributed by atoms with Crippen LogP contribution in [0.1, 0.15) is 55.8 Å². The molecule has 2 atom stereocenters. The van der Waals surface area contributed by atoms with E-state index in [9.17, 15) is 10.1 Å². The molecule has 2 aromatic rings. The molecule has 0 spiro atoms. The van der Waals surface area contributed by atoms with Gasteiger partial charge in [0.05, 0.1) is 18.2 Å². The fourth-order valence-electron chi connectivity index (χ4n) is 4.06. The van der Waals surface area contributed by atoms with Crippen LogP contribution in [0.2, 0.25) is 0 Å². The third-order valence-corrected chi connectivity index (χ3v) is 6.35. The Morgan fingerprint density at radius 3 is 2.83 bits per heavy atom. The molecule has 0 radical (unpaired) electrons. The maximum absolute atomic E-state index is 11.5. The summed E-state index contributed by atoms with van der Waals surface area (Å²) in [5.74, 6) is 0.395. The maximum atomic E-state index is 11.5. The lowest BCUT2D eigenvalue weighted by Crippen LogP contribution is -2.24. The lowest BCUT2D eigenvalue weighted by molar-refractivity contribution is -0.119. The van der Waals surface area contributed by atoms with Crippen LogP contribution in [0.25, 0.3) is 16.1 Å². The van der Waals surface area contributed by atoms with E-state index in [4.69, 9.17) is 4.74 Å². The van der Waals surface area contributed by atoms with Crippen molar-refractivity contribution < 1.29 is 9.53 Å². The van der Waals surface area contributed by atoms with E-state index in [1.54, 1.807) is 18.3 Å². The summed E-state index contributed by atoms with van der Waals surface area (Å²) in [6.07, 6.45) is 6.28.